The zero-order valence-corrected chi connectivity index (χ0v) is 12.8. The van der Waals surface area contributed by atoms with Crippen molar-refractivity contribution < 1.29 is 13.5 Å². The molecule has 0 atom stereocenters. The molecule has 2 aromatic rings. The van der Waals surface area contributed by atoms with Gasteiger partial charge in [-0.25, -0.2) is 13.8 Å². The van der Waals surface area contributed by atoms with E-state index in [1.165, 1.54) is 0 Å². The molecule has 0 radical (unpaired) electrons. The highest BCUT2D eigenvalue weighted by molar-refractivity contribution is 9.10. The lowest BCUT2D eigenvalue weighted by Crippen LogP contribution is -2.17. The number of nitrogens with one attached hydrogen (secondary N) is 1. The van der Waals surface area contributed by atoms with E-state index in [9.17, 15) is 8.78 Å². The molecule has 4 rings (SSSR count). The standard InChI is InChI=1S/C15H13BrF2N2O/c16-9-5-10(17)15-12(13(9)18)14(19-7-1-2-7)8-6-21-4-3-11(8)20-15/h5,7H,1-4,6H2,(H,19,20). The molecule has 1 N–H and O–H groups in total. The minimum Gasteiger partial charge on any atom is -0.381 e. The molecule has 0 unspecified atom stereocenters. The zero-order valence-electron chi connectivity index (χ0n) is 11.2. The number of nitrogens with zero attached hydrogens (tertiary/aromatic N) is 1. The van der Waals surface area contributed by atoms with Gasteiger partial charge < -0.3 is 10.1 Å². The molecule has 0 saturated heterocycles. The normalized spacial score (nSPS) is 17.9. The van der Waals surface area contributed by atoms with Crippen LogP contribution in [0.3, 0.4) is 0 Å². The van der Waals surface area contributed by atoms with Gasteiger partial charge in [-0.2, -0.15) is 0 Å². The third-order valence-electron chi connectivity index (χ3n) is 3.95. The molecule has 2 aliphatic rings. The Morgan fingerprint density at radius 3 is 2.90 bits per heavy atom. The van der Waals surface area contributed by atoms with Crippen molar-refractivity contribution in [2.24, 2.45) is 0 Å². The number of fused-ring (bicyclic) bond motifs is 2. The lowest BCUT2D eigenvalue weighted by molar-refractivity contribution is 0.110. The third-order valence-corrected chi connectivity index (χ3v) is 4.52. The molecule has 1 aromatic carbocycles. The Morgan fingerprint density at radius 2 is 2.14 bits per heavy atom. The molecule has 1 aliphatic heterocycles. The van der Waals surface area contributed by atoms with Gasteiger partial charge in [-0.05, 0) is 34.8 Å². The lowest BCUT2D eigenvalue weighted by Gasteiger charge is -2.22. The number of benzene rings is 1. The first kappa shape index (κ1) is 13.4. The molecule has 1 fully saturated rings. The Balaban J connectivity index is 2.06. The second-order valence-corrected chi connectivity index (χ2v) is 6.37. The van der Waals surface area contributed by atoms with Crippen molar-refractivity contribution in [2.75, 3.05) is 11.9 Å². The summed E-state index contributed by atoms with van der Waals surface area (Å²) in [5.74, 6) is -0.984. The minimum atomic E-state index is -0.508. The van der Waals surface area contributed by atoms with Gasteiger partial charge in [0, 0.05) is 18.0 Å². The summed E-state index contributed by atoms with van der Waals surface area (Å²) in [4.78, 5) is 4.35. The highest BCUT2D eigenvalue weighted by Gasteiger charge is 2.28. The molecule has 21 heavy (non-hydrogen) atoms. The predicted octanol–water partition coefficient (Wildman–Crippen LogP) is 3.92. The maximum atomic E-state index is 14.5. The maximum Gasteiger partial charge on any atom is 0.150 e. The van der Waals surface area contributed by atoms with Crippen LogP contribution >= 0.6 is 15.9 Å². The van der Waals surface area contributed by atoms with E-state index in [1.54, 1.807) is 0 Å². The van der Waals surface area contributed by atoms with E-state index in [-0.39, 0.29) is 15.4 Å². The zero-order chi connectivity index (χ0) is 14.6. The number of ether oxygens (including phenoxy) is 1. The molecule has 110 valence electrons. The summed E-state index contributed by atoms with van der Waals surface area (Å²) in [5, 5.41) is 3.56. The van der Waals surface area contributed by atoms with Crippen molar-refractivity contribution in [3.63, 3.8) is 0 Å². The van der Waals surface area contributed by atoms with Crippen molar-refractivity contribution in [2.45, 2.75) is 31.9 Å². The van der Waals surface area contributed by atoms with Gasteiger partial charge in [-0.3, -0.25) is 0 Å². The molecule has 1 saturated carbocycles. The van der Waals surface area contributed by atoms with Crippen LogP contribution in [0.4, 0.5) is 14.5 Å². The van der Waals surface area contributed by atoms with Crippen molar-refractivity contribution in [3.05, 3.63) is 33.4 Å². The Labute approximate surface area is 128 Å². The van der Waals surface area contributed by atoms with Gasteiger partial charge in [0.05, 0.1) is 34.5 Å². The van der Waals surface area contributed by atoms with Gasteiger partial charge in [0.1, 0.15) is 11.3 Å². The first-order chi connectivity index (χ1) is 10.1. The fourth-order valence-electron chi connectivity index (χ4n) is 2.72. The highest BCUT2D eigenvalue weighted by atomic mass is 79.9. The van der Waals surface area contributed by atoms with E-state index in [4.69, 9.17) is 4.74 Å². The van der Waals surface area contributed by atoms with Crippen molar-refractivity contribution in [1.82, 2.24) is 4.98 Å². The van der Waals surface area contributed by atoms with E-state index in [2.05, 4.69) is 26.2 Å². The van der Waals surface area contributed by atoms with Gasteiger partial charge in [0.2, 0.25) is 0 Å². The fourth-order valence-corrected chi connectivity index (χ4v) is 3.12. The number of halogens is 3. The van der Waals surface area contributed by atoms with Gasteiger partial charge in [0.15, 0.2) is 5.82 Å². The van der Waals surface area contributed by atoms with Crippen LogP contribution in [0.5, 0.6) is 0 Å². The summed E-state index contributed by atoms with van der Waals surface area (Å²) in [6.07, 6.45) is 2.73. The first-order valence-electron chi connectivity index (χ1n) is 6.98. The quantitative estimate of drug-likeness (QED) is 0.830. The minimum absolute atomic E-state index is 0.0968. The smallest absolute Gasteiger partial charge is 0.150 e. The highest BCUT2D eigenvalue weighted by Crippen LogP contribution is 2.39. The second-order valence-electron chi connectivity index (χ2n) is 5.51. The topological polar surface area (TPSA) is 34.2 Å². The Morgan fingerprint density at radius 1 is 1.33 bits per heavy atom. The summed E-state index contributed by atoms with van der Waals surface area (Å²) >= 11 is 3.08. The molecule has 3 nitrogen and oxygen atoms in total. The van der Waals surface area contributed by atoms with Gasteiger partial charge in [-0.15, -0.1) is 0 Å². The summed E-state index contributed by atoms with van der Waals surface area (Å²) < 4.78 is 34.4. The van der Waals surface area contributed by atoms with Crippen LogP contribution in [-0.4, -0.2) is 17.6 Å². The number of hydrogen-bond acceptors (Lipinski definition) is 3. The van der Waals surface area contributed by atoms with E-state index in [1.807, 2.05) is 0 Å². The Kier molecular flexibility index (Phi) is 3.11. The first-order valence-corrected chi connectivity index (χ1v) is 7.77. The van der Waals surface area contributed by atoms with Gasteiger partial charge >= 0.3 is 0 Å². The third kappa shape index (κ3) is 2.21. The average molecular weight is 355 g/mol. The molecule has 1 aromatic heterocycles. The van der Waals surface area contributed by atoms with Crippen LogP contribution in [0, 0.1) is 11.6 Å². The van der Waals surface area contributed by atoms with E-state index < -0.39 is 11.6 Å². The number of pyridine rings is 1. The SMILES string of the molecule is Fc1cc(Br)c(F)c2c(NC3CC3)c3c(nc12)CCOC3. The molecule has 2 heterocycles. The average Bonchev–Trinajstić information content (AvgIpc) is 3.28. The molecule has 0 spiro atoms. The molecular weight excluding hydrogens is 342 g/mol. The molecule has 0 bridgehead atoms. The summed E-state index contributed by atoms with van der Waals surface area (Å²) in [6.45, 7) is 0.954. The molecule has 0 amide bonds. The maximum absolute atomic E-state index is 14.5. The van der Waals surface area contributed by atoms with Crippen molar-refractivity contribution in [1.29, 1.82) is 0 Å². The monoisotopic (exact) mass is 354 g/mol. The van der Waals surface area contributed by atoms with E-state index in [0.29, 0.717) is 31.4 Å². The number of aromatic nitrogens is 1. The molecule has 1 aliphatic carbocycles. The van der Waals surface area contributed by atoms with Crippen LogP contribution in [0.15, 0.2) is 10.5 Å². The predicted molar refractivity (Wildman–Crippen MR) is 79.4 cm³/mol. The van der Waals surface area contributed by atoms with Crippen LogP contribution in [0.1, 0.15) is 24.1 Å². The Bertz CT molecular complexity index is 747. The second kappa shape index (κ2) is 4.88. The van der Waals surface area contributed by atoms with Crippen LogP contribution in [-0.2, 0) is 17.8 Å². The number of rotatable bonds is 2. The van der Waals surface area contributed by atoms with E-state index >= 15 is 0 Å². The Hall–Kier alpha value is -1.27. The fraction of sp³-hybridized carbons (Fsp3) is 0.400. The number of hydrogen-bond donors (Lipinski definition) is 1. The van der Waals surface area contributed by atoms with E-state index in [0.717, 1.165) is 30.2 Å². The molecular formula is C15H13BrF2N2O. The van der Waals surface area contributed by atoms with Crippen LogP contribution in [0.25, 0.3) is 10.9 Å². The van der Waals surface area contributed by atoms with Crippen LogP contribution < -0.4 is 5.32 Å². The van der Waals surface area contributed by atoms with Crippen molar-refractivity contribution >= 4 is 32.5 Å². The van der Waals surface area contributed by atoms with Crippen molar-refractivity contribution in [3.8, 4) is 0 Å². The lowest BCUT2D eigenvalue weighted by atomic mass is 10.0. The summed E-state index contributed by atoms with van der Waals surface area (Å²) in [6, 6.07) is 1.47. The largest absolute Gasteiger partial charge is 0.381 e. The summed E-state index contributed by atoms with van der Waals surface area (Å²) in [7, 11) is 0. The number of anilines is 1. The summed E-state index contributed by atoms with van der Waals surface area (Å²) in [5.41, 5.74) is 2.41. The van der Waals surface area contributed by atoms with Gasteiger partial charge in [-0.1, -0.05) is 0 Å². The molecule has 6 heteroatoms. The van der Waals surface area contributed by atoms with Crippen LogP contribution in [0.2, 0.25) is 0 Å². The van der Waals surface area contributed by atoms with Gasteiger partial charge in [0.25, 0.3) is 0 Å².